The van der Waals surface area contributed by atoms with E-state index in [9.17, 15) is 13.2 Å². The number of nitrogens with zero attached hydrogens (tertiary/aromatic N) is 2. The van der Waals surface area contributed by atoms with E-state index in [2.05, 4.69) is 22.0 Å². The van der Waals surface area contributed by atoms with Gasteiger partial charge in [0.1, 0.15) is 11.9 Å². The monoisotopic (exact) mass is 400 g/mol. The lowest BCUT2D eigenvalue weighted by atomic mass is 10.0. The van der Waals surface area contributed by atoms with Crippen LogP contribution in [0.15, 0.2) is 54.9 Å². The molecule has 0 bridgehead atoms. The number of fused-ring (bicyclic) bond motifs is 1. The Morgan fingerprint density at radius 1 is 1.03 bits per heavy atom. The van der Waals surface area contributed by atoms with E-state index in [0.717, 1.165) is 65.7 Å². The Hall–Kier alpha value is -2.60. The van der Waals surface area contributed by atoms with Crippen LogP contribution in [0.1, 0.15) is 29.5 Å². The highest BCUT2D eigenvalue weighted by Gasteiger charge is 2.30. The maximum atomic E-state index is 12.7. The molecule has 2 aromatic carbocycles. The number of hydrogen-bond donors (Lipinski definition) is 0. The second-order valence-corrected chi connectivity index (χ2v) is 7.63. The molecule has 3 aromatic rings. The molecule has 4 rings (SSSR count). The molecule has 2 heterocycles. The average molecular weight is 400 g/mol. The van der Waals surface area contributed by atoms with Crippen LogP contribution in [0.2, 0.25) is 0 Å². The fourth-order valence-electron chi connectivity index (χ4n) is 3.78. The second-order valence-electron chi connectivity index (χ2n) is 7.63. The van der Waals surface area contributed by atoms with Crippen molar-refractivity contribution in [3.05, 3.63) is 71.5 Å². The van der Waals surface area contributed by atoms with E-state index in [0.29, 0.717) is 6.54 Å². The summed E-state index contributed by atoms with van der Waals surface area (Å²) in [6.07, 6.45) is 1.29. The number of alkyl halides is 3. The SMILES string of the molecule is Cc1cc2cnccc2cc1OC1CCN(Cc2ccc(C(F)(F)F)cc2)CC1. The van der Waals surface area contributed by atoms with Gasteiger partial charge in [0.25, 0.3) is 0 Å². The predicted octanol–water partition coefficient (Wildman–Crippen LogP) is 5.61. The Kier molecular flexibility index (Phi) is 5.46. The molecular formula is C23H23F3N2O. The van der Waals surface area contributed by atoms with E-state index in [1.54, 1.807) is 18.3 Å². The number of hydrogen-bond acceptors (Lipinski definition) is 3. The zero-order valence-corrected chi connectivity index (χ0v) is 16.2. The van der Waals surface area contributed by atoms with Crippen LogP contribution >= 0.6 is 0 Å². The van der Waals surface area contributed by atoms with Crippen LogP contribution in [0.4, 0.5) is 13.2 Å². The van der Waals surface area contributed by atoms with Crippen molar-refractivity contribution in [2.75, 3.05) is 13.1 Å². The summed E-state index contributed by atoms with van der Waals surface area (Å²) in [5.41, 5.74) is 1.39. The largest absolute Gasteiger partial charge is 0.490 e. The number of likely N-dealkylation sites (tertiary alicyclic amines) is 1. The van der Waals surface area contributed by atoms with E-state index >= 15 is 0 Å². The molecule has 1 aliphatic heterocycles. The minimum absolute atomic E-state index is 0.150. The number of halogens is 3. The van der Waals surface area contributed by atoms with Gasteiger partial charge in [0.15, 0.2) is 0 Å². The predicted molar refractivity (Wildman–Crippen MR) is 107 cm³/mol. The van der Waals surface area contributed by atoms with Crippen molar-refractivity contribution in [2.45, 2.75) is 38.6 Å². The minimum atomic E-state index is -4.29. The summed E-state index contributed by atoms with van der Waals surface area (Å²) in [6.45, 7) is 4.43. The maximum Gasteiger partial charge on any atom is 0.416 e. The van der Waals surface area contributed by atoms with Crippen molar-refractivity contribution in [3.63, 3.8) is 0 Å². The summed E-state index contributed by atoms with van der Waals surface area (Å²) in [5.74, 6) is 0.907. The van der Waals surface area contributed by atoms with Gasteiger partial charge >= 0.3 is 6.18 Å². The molecular weight excluding hydrogens is 377 g/mol. The lowest BCUT2D eigenvalue weighted by molar-refractivity contribution is -0.137. The van der Waals surface area contributed by atoms with Gasteiger partial charge < -0.3 is 4.74 Å². The van der Waals surface area contributed by atoms with Gasteiger partial charge in [-0.15, -0.1) is 0 Å². The van der Waals surface area contributed by atoms with E-state index in [4.69, 9.17) is 4.74 Å². The van der Waals surface area contributed by atoms with Gasteiger partial charge in [-0.25, -0.2) is 0 Å². The van der Waals surface area contributed by atoms with Crippen molar-refractivity contribution in [3.8, 4) is 5.75 Å². The molecule has 6 heteroatoms. The number of rotatable bonds is 4. The standard InChI is InChI=1S/C23H23F3N2O/c1-16-12-19-14-27-9-6-18(19)13-22(16)29-21-7-10-28(11-8-21)15-17-2-4-20(5-3-17)23(24,25)26/h2-6,9,12-14,21H,7-8,10-11,15H2,1H3. The molecule has 3 nitrogen and oxygen atoms in total. The van der Waals surface area contributed by atoms with Gasteiger partial charge in [0, 0.05) is 37.4 Å². The highest BCUT2D eigenvalue weighted by Crippen LogP contribution is 2.30. The zero-order valence-electron chi connectivity index (χ0n) is 16.2. The molecule has 0 aliphatic carbocycles. The number of ether oxygens (including phenoxy) is 1. The first-order valence-corrected chi connectivity index (χ1v) is 9.78. The molecule has 1 saturated heterocycles. The summed E-state index contributed by atoms with van der Waals surface area (Å²) < 4.78 is 44.3. The first-order valence-electron chi connectivity index (χ1n) is 9.78. The maximum absolute atomic E-state index is 12.7. The van der Waals surface area contributed by atoms with Crippen LogP contribution in [0.25, 0.3) is 10.8 Å². The third-order valence-electron chi connectivity index (χ3n) is 5.45. The van der Waals surface area contributed by atoms with Crippen molar-refractivity contribution in [1.29, 1.82) is 0 Å². The van der Waals surface area contributed by atoms with Crippen LogP contribution in [-0.2, 0) is 12.7 Å². The van der Waals surface area contributed by atoms with Crippen LogP contribution < -0.4 is 4.74 Å². The van der Waals surface area contributed by atoms with Gasteiger partial charge in [0.05, 0.1) is 5.56 Å². The first kappa shape index (κ1) is 19.7. The lowest BCUT2D eigenvalue weighted by Gasteiger charge is -2.32. The van der Waals surface area contributed by atoms with E-state index < -0.39 is 11.7 Å². The Morgan fingerprint density at radius 2 is 1.76 bits per heavy atom. The fraction of sp³-hybridized carbons (Fsp3) is 0.348. The average Bonchev–Trinajstić information content (AvgIpc) is 2.70. The molecule has 29 heavy (non-hydrogen) atoms. The van der Waals surface area contributed by atoms with Crippen molar-refractivity contribution in [1.82, 2.24) is 9.88 Å². The molecule has 1 fully saturated rings. The van der Waals surface area contributed by atoms with Gasteiger partial charge in [-0.1, -0.05) is 12.1 Å². The Bertz CT molecular complexity index is 978. The molecule has 0 radical (unpaired) electrons. The molecule has 0 unspecified atom stereocenters. The smallest absolute Gasteiger partial charge is 0.416 e. The van der Waals surface area contributed by atoms with Crippen molar-refractivity contribution in [2.24, 2.45) is 0 Å². The molecule has 0 N–H and O–H groups in total. The zero-order chi connectivity index (χ0) is 20.4. The normalized spacial score (nSPS) is 16.3. The van der Waals surface area contributed by atoms with Gasteiger partial charge in [-0.3, -0.25) is 9.88 Å². The summed E-state index contributed by atoms with van der Waals surface area (Å²) in [7, 11) is 0. The van der Waals surface area contributed by atoms with Crippen LogP contribution in [-0.4, -0.2) is 29.1 Å². The molecule has 1 aliphatic rings. The van der Waals surface area contributed by atoms with Gasteiger partial charge in [-0.05, 0) is 66.6 Å². The summed E-state index contributed by atoms with van der Waals surface area (Å²) in [4.78, 5) is 6.42. The molecule has 0 saturated carbocycles. The van der Waals surface area contributed by atoms with Gasteiger partial charge in [-0.2, -0.15) is 13.2 Å². The number of aryl methyl sites for hydroxylation is 1. The Labute approximate surface area is 168 Å². The van der Waals surface area contributed by atoms with Crippen LogP contribution in [0, 0.1) is 6.92 Å². The third kappa shape index (κ3) is 4.70. The molecule has 0 spiro atoms. The van der Waals surface area contributed by atoms with Crippen molar-refractivity contribution >= 4 is 10.8 Å². The highest BCUT2D eigenvalue weighted by molar-refractivity contribution is 5.84. The molecule has 0 atom stereocenters. The Morgan fingerprint density at radius 3 is 2.45 bits per heavy atom. The molecule has 152 valence electrons. The number of piperidine rings is 1. The van der Waals surface area contributed by atoms with E-state index in [1.165, 1.54) is 0 Å². The summed E-state index contributed by atoms with van der Waals surface area (Å²) >= 11 is 0. The number of aromatic nitrogens is 1. The van der Waals surface area contributed by atoms with Crippen LogP contribution in [0.5, 0.6) is 5.75 Å². The molecule has 0 amide bonds. The topological polar surface area (TPSA) is 25.4 Å². The van der Waals surface area contributed by atoms with Gasteiger partial charge in [0.2, 0.25) is 0 Å². The second kappa shape index (κ2) is 8.03. The van der Waals surface area contributed by atoms with E-state index in [-0.39, 0.29) is 6.10 Å². The highest BCUT2D eigenvalue weighted by atomic mass is 19.4. The fourth-order valence-corrected chi connectivity index (χ4v) is 3.78. The number of pyridine rings is 1. The lowest BCUT2D eigenvalue weighted by Crippen LogP contribution is -2.37. The summed E-state index contributed by atoms with van der Waals surface area (Å²) in [6, 6.07) is 11.6. The molecule has 1 aromatic heterocycles. The minimum Gasteiger partial charge on any atom is -0.490 e. The van der Waals surface area contributed by atoms with Crippen LogP contribution in [0.3, 0.4) is 0 Å². The third-order valence-corrected chi connectivity index (χ3v) is 5.45. The number of benzene rings is 2. The summed E-state index contributed by atoms with van der Waals surface area (Å²) in [5, 5.41) is 2.21. The van der Waals surface area contributed by atoms with E-state index in [1.807, 2.05) is 19.2 Å². The Balaban J connectivity index is 1.33. The first-order chi connectivity index (χ1) is 13.9. The quantitative estimate of drug-likeness (QED) is 0.570. The van der Waals surface area contributed by atoms with Crippen molar-refractivity contribution < 1.29 is 17.9 Å².